The minimum atomic E-state index is -0.0982. The maximum atomic E-state index is 12.1. The quantitative estimate of drug-likeness (QED) is 0.580. The topological polar surface area (TPSA) is 107 Å². The van der Waals surface area contributed by atoms with Gasteiger partial charge in [0, 0.05) is 6.42 Å². The zero-order valence-electron chi connectivity index (χ0n) is 15.2. The Bertz CT molecular complexity index is 893. The van der Waals surface area contributed by atoms with Gasteiger partial charge in [-0.05, 0) is 43.9 Å². The van der Waals surface area contributed by atoms with Crippen LogP contribution in [0.1, 0.15) is 34.7 Å². The van der Waals surface area contributed by atoms with E-state index < -0.39 is 0 Å². The van der Waals surface area contributed by atoms with E-state index in [1.165, 1.54) is 11.3 Å². The highest BCUT2D eigenvalue weighted by Gasteiger charge is 2.06. The summed E-state index contributed by atoms with van der Waals surface area (Å²) in [6, 6.07) is 11.6. The molecule has 7 nitrogen and oxygen atoms in total. The van der Waals surface area contributed by atoms with Gasteiger partial charge in [0.1, 0.15) is 5.01 Å². The summed E-state index contributed by atoms with van der Waals surface area (Å²) in [6.45, 7) is 2.01. The van der Waals surface area contributed by atoms with Crippen LogP contribution in [0.4, 0.5) is 10.9 Å². The van der Waals surface area contributed by atoms with Crippen molar-refractivity contribution in [1.29, 1.82) is 0 Å². The molecule has 0 bridgehead atoms. The lowest BCUT2D eigenvalue weighted by atomic mass is 10.1. The van der Waals surface area contributed by atoms with Crippen LogP contribution in [-0.2, 0) is 24.1 Å². The van der Waals surface area contributed by atoms with E-state index in [0.717, 1.165) is 47.5 Å². The number of aryl methyl sites for hydroxylation is 3. The normalized spacial score (nSPS) is 10.7. The molecular formula is C19H22N6OS. The lowest BCUT2D eigenvalue weighted by Crippen LogP contribution is -2.16. The Morgan fingerprint density at radius 1 is 1.07 bits per heavy atom. The average Bonchev–Trinajstić information content (AvgIpc) is 3.05. The Morgan fingerprint density at radius 3 is 2.63 bits per heavy atom. The van der Waals surface area contributed by atoms with Crippen molar-refractivity contribution in [1.82, 2.24) is 20.4 Å². The van der Waals surface area contributed by atoms with Gasteiger partial charge in [0.25, 0.3) is 0 Å². The Kier molecular flexibility index (Phi) is 6.43. The van der Waals surface area contributed by atoms with Crippen LogP contribution in [0.3, 0.4) is 0 Å². The van der Waals surface area contributed by atoms with Crippen LogP contribution in [0.5, 0.6) is 0 Å². The summed E-state index contributed by atoms with van der Waals surface area (Å²) in [5.41, 5.74) is 8.59. The van der Waals surface area contributed by atoms with Gasteiger partial charge in [0.05, 0.1) is 12.1 Å². The Hall–Kier alpha value is -2.87. The average molecular weight is 382 g/mol. The van der Waals surface area contributed by atoms with Gasteiger partial charge in [-0.25, -0.2) is 0 Å². The molecule has 0 aliphatic heterocycles. The first-order chi connectivity index (χ1) is 13.1. The van der Waals surface area contributed by atoms with Gasteiger partial charge in [-0.3, -0.25) is 4.79 Å². The number of nitrogen functional groups attached to an aromatic ring is 1. The van der Waals surface area contributed by atoms with Crippen molar-refractivity contribution < 1.29 is 4.79 Å². The number of anilines is 2. The van der Waals surface area contributed by atoms with Crippen LogP contribution < -0.4 is 11.1 Å². The molecule has 0 spiro atoms. The number of nitrogens with one attached hydrogen (secondary N) is 1. The van der Waals surface area contributed by atoms with Gasteiger partial charge >= 0.3 is 0 Å². The van der Waals surface area contributed by atoms with E-state index >= 15 is 0 Å². The molecule has 2 aromatic heterocycles. The second kappa shape index (κ2) is 9.18. The molecule has 3 aromatic rings. The molecule has 3 N–H and O–H groups in total. The number of unbranched alkanes of at least 4 members (excludes halogenated alkanes) is 1. The van der Waals surface area contributed by atoms with Gasteiger partial charge in [0.15, 0.2) is 5.82 Å². The van der Waals surface area contributed by atoms with E-state index in [9.17, 15) is 4.79 Å². The van der Waals surface area contributed by atoms with Crippen molar-refractivity contribution >= 4 is 28.2 Å². The highest BCUT2D eigenvalue weighted by molar-refractivity contribution is 7.15. The van der Waals surface area contributed by atoms with Crippen molar-refractivity contribution in [3.8, 4) is 0 Å². The fraction of sp³-hybridized carbons (Fsp3) is 0.316. The van der Waals surface area contributed by atoms with Crippen molar-refractivity contribution in [2.45, 2.75) is 39.0 Å². The lowest BCUT2D eigenvalue weighted by Gasteiger charge is -2.05. The molecule has 0 saturated heterocycles. The molecule has 0 aliphatic rings. The summed E-state index contributed by atoms with van der Waals surface area (Å²) < 4.78 is 0. The minimum Gasteiger partial charge on any atom is -0.374 e. The number of hydrogen-bond donors (Lipinski definition) is 2. The Morgan fingerprint density at radius 2 is 1.93 bits per heavy atom. The van der Waals surface area contributed by atoms with E-state index in [1.807, 2.05) is 37.3 Å². The zero-order chi connectivity index (χ0) is 19.1. The van der Waals surface area contributed by atoms with Crippen molar-refractivity contribution in [2.24, 2.45) is 0 Å². The summed E-state index contributed by atoms with van der Waals surface area (Å²) in [5, 5.41) is 20.4. The molecule has 8 heteroatoms. The third kappa shape index (κ3) is 6.10. The van der Waals surface area contributed by atoms with Crippen molar-refractivity contribution in [2.75, 3.05) is 11.1 Å². The largest absolute Gasteiger partial charge is 0.374 e. The van der Waals surface area contributed by atoms with Crippen LogP contribution in [0.15, 0.2) is 36.4 Å². The monoisotopic (exact) mass is 382 g/mol. The van der Waals surface area contributed by atoms with Gasteiger partial charge in [-0.1, -0.05) is 41.2 Å². The third-order valence-corrected chi connectivity index (χ3v) is 4.80. The van der Waals surface area contributed by atoms with Crippen LogP contribution in [0.2, 0.25) is 0 Å². The number of nitrogens with zero attached hydrogens (tertiary/aromatic N) is 4. The van der Waals surface area contributed by atoms with Crippen molar-refractivity contribution in [3.05, 3.63) is 58.2 Å². The number of carbonyl (C=O) groups excluding carboxylic acids is 1. The first kappa shape index (κ1) is 18.9. The van der Waals surface area contributed by atoms with E-state index in [1.54, 1.807) is 6.07 Å². The third-order valence-electron chi connectivity index (χ3n) is 3.99. The molecule has 27 heavy (non-hydrogen) atoms. The van der Waals surface area contributed by atoms with Crippen LogP contribution in [0.25, 0.3) is 0 Å². The van der Waals surface area contributed by atoms with E-state index in [0.29, 0.717) is 17.4 Å². The molecule has 0 saturated carbocycles. The second-order valence-electron chi connectivity index (χ2n) is 6.37. The molecule has 0 atom stereocenters. The maximum Gasteiger partial charge on any atom is 0.229 e. The van der Waals surface area contributed by atoms with Crippen LogP contribution in [-0.4, -0.2) is 26.3 Å². The molecule has 1 aromatic carbocycles. The number of benzene rings is 1. The lowest BCUT2D eigenvalue weighted by molar-refractivity contribution is -0.115. The minimum absolute atomic E-state index is 0.0982. The molecule has 0 aliphatic carbocycles. The highest BCUT2D eigenvalue weighted by Crippen LogP contribution is 2.14. The standard InChI is InChI=1S/C19H22N6OS/c1-13-5-4-6-14(11-13)12-17(26)21-16-10-9-15(22-23-16)7-2-3-8-18-24-25-19(20)27-18/h4-6,9-11H,2-3,7-8,12H2,1H3,(H2,20,25)(H,21,23,26). The molecular weight excluding hydrogens is 360 g/mol. The van der Waals surface area contributed by atoms with Crippen LogP contribution in [0, 0.1) is 6.92 Å². The molecule has 2 heterocycles. The van der Waals surface area contributed by atoms with Crippen LogP contribution >= 0.6 is 11.3 Å². The van der Waals surface area contributed by atoms with Gasteiger partial charge in [-0.15, -0.1) is 15.3 Å². The number of amides is 1. The van der Waals surface area contributed by atoms with Crippen molar-refractivity contribution in [3.63, 3.8) is 0 Å². The van der Waals surface area contributed by atoms with E-state index in [2.05, 4.69) is 25.7 Å². The van der Waals surface area contributed by atoms with E-state index in [-0.39, 0.29) is 5.91 Å². The summed E-state index contributed by atoms with van der Waals surface area (Å²) in [6.07, 6.45) is 3.99. The summed E-state index contributed by atoms with van der Waals surface area (Å²) >= 11 is 1.43. The predicted octanol–water partition coefficient (Wildman–Crippen LogP) is 2.97. The smallest absolute Gasteiger partial charge is 0.229 e. The number of hydrogen-bond acceptors (Lipinski definition) is 7. The first-order valence-electron chi connectivity index (χ1n) is 8.84. The SMILES string of the molecule is Cc1cccc(CC(=O)Nc2ccc(CCCCc3nnc(N)s3)nn2)c1. The fourth-order valence-corrected chi connectivity index (χ4v) is 3.36. The molecule has 0 unspecified atom stereocenters. The summed E-state index contributed by atoms with van der Waals surface area (Å²) in [4.78, 5) is 12.1. The molecule has 0 radical (unpaired) electrons. The number of carbonyl (C=O) groups is 1. The zero-order valence-corrected chi connectivity index (χ0v) is 16.0. The number of aromatic nitrogens is 4. The van der Waals surface area contributed by atoms with Gasteiger partial charge in [-0.2, -0.15) is 5.10 Å². The number of rotatable bonds is 8. The molecule has 140 valence electrons. The second-order valence-corrected chi connectivity index (χ2v) is 7.46. The highest BCUT2D eigenvalue weighted by atomic mass is 32.1. The predicted molar refractivity (Wildman–Crippen MR) is 107 cm³/mol. The number of nitrogens with two attached hydrogens (primary N) is 1. The first-order valence-corrected chi connectivity index (χ1v) is 9.66. The van der Waals surface area contributed by atoms with Gasteiger partial charge in [0.2, 0.25) is 11.0 Å². The van der Waals surface area contributed by atoms with E-state index in [4.69, 9.17) is 5.73 Å². The summed E-state index contributed by atoms with van der Waals surface area (Å²) in [7, 11) is 0. The summed E-state index contributed by atoms with van der Waals surface area (Å²) in [5.74, 6) is 0.375. The Balaban J connectivity index is 1.42. The maximum absolute atomic E-state index is 12.1. The molecule has 0 fully saturated rings. The Labute approximate surface area is 162 Å². The fourth-order valence-electron chi connectivity index (χ4n) is 2.70. The molecule has 3 rings (SSSR count). The van der Waals surface area contributed by atoms with Gasteiger partial charge < -0.3 is 11.1 Å². The molecule has 1 amide bonds.